The van der Waals surface area contributed by atoms with Crippen LogP contribution >= 0.6 is 12.6 Å². The molecule has 17 heavy (non-hydrogen) atoms. The highest BCUT2D eigenvalue weighted by atomic mass is 32.1. The van der Waals surface area contributed by atoms with Crippen LogP contribution in [0.15, 0.2) is 48.5 Å². The van der Waals surface area contributed by atoms with Crippen molar-refractivity contribution >= 4 is 12.6 Å². The molecule has 1 atom stereocenters. The first-order chi connectivity index (χ1) is 8.22. The zero-order valence-corrected chi connectivity index (χ0v) is 10.4. The standard InChI is InChI=1S/C14H14O2S/c1-16-11-7-8-12(13(15)9-11)14(17)10-5-3-2-4-6-10/h2-9,14-15,17H,1H3. The SMILES string of the molecule is COc1ccc(C(S)c2ccccc2)c(O)c1. The zero-order valence-electron chi connectivity index (χ0n) is 9.50. The Kier molecular flexibility index (Phi) is 3.59. The van der Waals surface area contributed by atoms with Gasteiger partial charge in [0.25, 0.3) is 0 Å². The molecule has 0 saturated heterocycles. The number of aromatic hydroxyl groups is 1. The number of ether oxygens (including phenoxy) is 1. The molecule has 2 nitrogen and oxygen atoms in total. The summed E-state index contributed by atoms with van der Waals surface area (Å²) in [5, 5.41) is 9.79. The maximum absolute atomic E-state index is 9.93. The van der Waals surface area contributed by atoms with Crippen molar-refractivity contribution in [2.24, 2.45) is 0 Å². The second-order valence-electron chi connectivity index (χ2n) is 3.74. The fourth-order valence-corrected chi connectivity index (χ4v) is 2.09. The first-order valence-corrected chi connectivity index (χ1v) is 5.84. The molecule has 0 bridgehead atoms. The van der Waals surface area contributed by atoms with Crippen LogP contribution in [-0.4, -0.2) is 12.2 Å². The Morgan fingerprint density at radius 3 is 2.41 bits per heavy atom. The first kappa shape index (κ1) is 11.9. The highest BCUT2D eigenvalue weighted by molar-refractivity contribution is 7.80. The topological polar surface area (TPSA) is 29.5 Å². The molecule has 2 aromatic carbocycles. The van der Waals surface area contributed by atoms with Crippen molar-refractivity contribution in [3.63, 3.8) is 0 Å². The Balaban J connectivity index is 2.34. The summed E-state index contributed by atoms with van der Waals surface area (Å²) in [6.07, 6.45) is 0. The highest BCUT2D eigenvalue weighted by Crippen LogP contribution is 2.35. The van der Waals surface area contributed by atoms with Crippen molar-refractivity contribution in [3.05, 3.63) is 59.7 Å². The highest BCUT2D eigenvalue weighted by Gasteiger charge is 2.13. The van der Waals surface area contributed by atoms with Gasteiger partial charge in [0.2, 0.25) is 0 Å². The maximum atomic E-state index is 9.93. The smallest absolute Gasteiger partial charge is 0.123 e. The quantitative estimate of drug-likeness (QED) is 0.813. The summed E-state index contributed by atoms with van der Waals surface area (Å²) in [7, 11) is 1.57. The molecular formula is C14H14O2S. The van der Waals surface area contributed by atoms with Crippen molar-refractivity contribution in [2.75, 3.05) is 7.11 Å². The largest absolute Gasteiger partial charge is 0.507 e. The third-order valence-corrected chi connectivity index (χ3v) is 3.22. The van der Waals surface area contributed by atoms with Crippen molar-refractivity contribution in [1.82, 2.24) is 0 Å². The maximum Gasteiger partial charge on any atom is 0.123 e. The van der Waals surface area contributed by atoms with Gasteiger partial charge in [0.15, 0.2) is 0 Å². The fraction of sp³-hybridized carbons (Fsp3) is 0.143. The summed E-state index contributed by atoms with van der Waals surface area (Å²) in [5.41, 5.74) is 1.83. The predicted octanol–water partition coefficient (Wildman–Crippen LogP) is 3.42. The van der Waals surface area contributed by atoms with E-state index in [4.69, 9.17) is 4.74 Å². The number of hydrogen-bond acceptors (Lipinski definition) is 3. The molecule has 0 spiro atoms. The van der Waals surface area contributed by atoms with Gasteiger partial charge >= 0.3 is 0 Å². The van der Waals surface area contributed by atoms with Crippen LogP contribution in [-0.2, 0) is 0 Å². The van der Waals surface area contributed by atoms with E-state index in [2.05, 4.69) is 12.6 Å². The lowest BCUT2D eigenvalue weighted by atomic mass is 10.0. The molecule has 1 N–H and O–H groups in total. The van der Waals surface area contributed by atoms with Crippen LogP contribution in [0.2, 0.25) is 0 Å². The van der Waals surface area contributed by atoms with Crippen molar-refractivity contribution < 1.29 is 9.84 Å². The molecule has 88 valence electrons. The van der Waals surface area contributed by atoms with E-state index < -0.39 is 0 Å². The summed E-state index contributed by atoms with van der Waals surface area (Å²) in [6.45, 7) is 0. The van der Waals surface area contributed by atoms with Crippen molar-refractivity contribution in [1.29, 1.82) is 0 Å². The van der Waals surface area contributed by atoms with E-state index in [1.54, 1.807) is 13.2 Å². The van der Waals surface area contributed by atoms with E-state index in [0.29, 0.717) is 5.75 Å². The zero-order chi connectivity index (χ0) is 12.3. The van der Waals surface area contributed by atoms with Crippen LogP contribution in [0.25, 0.3) is 0 Å². The lowest BCUT2D eigenvalue weighted by molar-refractivity contribution is 0.406. The molecule has 0 radical (unpaired) electrons. The minimum atomic E-state index is -0.137. The first-order valence-electron chi connectivity index (χ1n) is 5.32. The molecule has 0 amide bonds. The van der Waals surface area contributed by atoms with Crippen LogP contribution in [0.5, 0.6) is 11.5 Å². The molecule has 0 fully saturated rings. The Bertz CT molecular complexity index is 497. The molecule has 0 saturated carbocycles. The van der Waals surface area contributed by atoms with E-state index in [0.717, 1.165) is 11.1 Å². The van der Waals surface area contributed by atoms with Gasteiger partial charge in [-0.25, -0.2) is 0 Å². The lowest BCUT2D eigenvalue weighted by Crippen LogP contribution is -1.94. The Hall–Kier alpha value is -1.61. The van der Waals surface area contributed by atoms with Gasteiger partial charge in [-0.15, -0.1) is 0 Å². The van der Waals surface area contributed by atoms with Gasteiger partial charge < -0.3 is 9.84 Å². The van der Waals surface area contributed by atoms with Crippen LogP contribution in [0, 0.1) is 0 Å². The van der Waals surface area contributed by atoms with Gasteiger partial charge in [-0.2, -0.15) is 12.6 Å². The van der Waals surface area contributed by atoms with Gasteiger partial charge in [0, 0.05) is 11.6 Å². The monoisotopic (exact) mass is 246 g/mol. The number of thiol groups is 1. The summed E-state index contributed by atoms with van der Waals surface area (Å²) >= 11 is 4.54. The van der Waals surface area contributed by atoms with Crippen LogP contribution in [0.1, 0.15) is 16.4 Å². The molecule has 0 heterocycles. The minimum Gasteiger partial charge on any atom is -0.507 e. The van der Waals surface area contributed by atoms with Gasteiger partial charge in [-0.05, 0) is 11.6 Å². The normalized spacial score (nSPS) is 12.1. The summed E-state index contributed by atoms with van der Waals surface area (Å²) < 4.78 is 5.05. The van der Waals surface area contributed by atoms with Gasteiger partial charge in [-0.3, -0.25) is 0 Å². The molecule has 0 aliphatic carbocycles. The lowest BCUT2D eigenvalue weighted by Gasteiger charge is -2.14. The fourth-order valence-electron chi connectivity index (χ4n) is 1.70. The van der Waals surface area contributed by atoms with Gasteiger partial charge in [0.05, 0.1) is 12.4 Å². The number of benzene rings is 2. The Morgan fingerprint density at radius 2 is 1.82 bits per heavy atom. The molecule has 1 unspecified atom stereocenters. The van der Waals surface area contributed by atoms with Gasteiger partial charge in [0.1, 0.15) is 11.5 Å². The molecule has 2 aromatic rings. The second-order valence-corrected chi connectivity index (χ2v) is 4.25. The molecule has 0 aliphatic rings. The third kappa shape index (κ3) is 2.56. The van der Waals surface area contributed by atoms with E-state index in [9.17, 15) is 5.11 Å². The summed E-state index contributed by atoms with van der Waals surface area (Å²) in [5.74, 6) is 0.841. The van der Waals surface area contributed by atoms with E-state index in [-0.39, 0.29) is 11.0 Å². The molecule has 0 aliphatic heterocycles. The minimum absolute atomic E-state index is 0.137. The number of hydrogen-bond donors (Lipinski definition) is 2. The molecule has 2 rings (SSSR count). The second kappa shape index (κ2) is 5.15. The molecule has 0 aromatic heterocycles. The van der Waals surface area contributed by atoms with Crippen LogP contribution in [0.3, 0.4) is 0 Å². The van der Waals surface area contributed by atoms with Crippen molar-refractivity contribution in [2.45, 2.75) is 5.25 Å². The average Bonchev–Trinajstić information content (AvgIpc) is 2.39. The number of phenolic OH excluding ortho intramolecular Hbond substituents is 1. The predicted molar refractivity (Wildman–Crippen MR) is 71.9 cm³/mol. The number of phenols is 1. The van der Waals surface area contributed by atoms with Gasteiger partial charge in [-0.1, -0.05) is 36.4 Å². The summed E-state index contributed by atoms with van der Waals surface area (Å²) in [6, 6.07) is 15.1. The van der Waals surface area contributed by atoms with Crippen LogP contribution < -0.4 is 4.74 Å². The van der Waals surface area contributed by atoms with E-state index >= 15 is 0 Å². The Labute approximate surface area is 106 Å². The Morgan fingerprint density at radius 1 is 1.12 bits per heavy atom. The number of methoxy groups -OCH3 is 1. The third-order valence-electron chi connectivity index (χ3n) is 2.65. The summed E-state index contributed by atoms with van der Waals surface area (Å²) in [4.78, 5) is 0. The number of rotatable bonds is 3. The molecule has 3 heteroatoms. The van der Waals surface area contributed by atoms with Crippen molar-refractivity contribution in [3.8, 4) is 11.5 Å². The van der Waals surface area contributed by atoms with E-state index in [1.807, 2.05) is 42.5 Å². The average molecular weight is 246 g/mol. The molecular weight excluding hydrogens is 232 g/mol. The van der Waals surface area contributed by atoms with E-state index in [1.165, 1.54) is 0 Å². The van der Waals surface area contributed by atoms with Crippen LogP contribution in [0.4, 0.5) is 0 Å².